The second-order valence-electron chi connectivity index (χ2n) is 4.76. The largest absolute Gasteiger partial charge is 0.480 e. The number of hydrogen-bond donors (Lipinski definition) is 2. The minimum absolute atomic E-state index is 0.129. The van der Waals surface area contributed by atoms with E-state index < -0.39 is 5.97 Å². The molecule has 1 atom stereocenters. The maximum Gasteiger partial charge on any atom is 0.323 e. The summed E-state index contributed by atoms with van der Waals surface area (Å²) in [6, 6.07) is 5.05. The number of benzene rings is 1. The molecular weight excluding hydrogens is 258 g/mol. The van der Waals surface area contributed by atoms with E-state index in [-0.39, 0.29) is 18.5 Å². The van der Waals surface area contributed by atoms with E-state index in [0.717, 1.165) is 10.9 Å². The van der Waals surface area contributed by atoms with Gasteiger partial charge < -0.3 is 10.0 Å². The molecule has 1 aromatic heterocycles. The van der Waals surface area contributed by atoms with Gasteiger partial charge in [-0.05, 0) is 25.5 Å². The van der Waals surface area contributed by atoms with E-state index in [1.54, 1.807) is 24.4 Å². The van der Waals surface area contributed by atoms with E-state index >= 15 is 0 Å². The fraction of sp³-hybridized carbons (Fsp3) is 0.357. The van der Waals surface area contributed by atoms with Gasteiger partial charge in [0.2, 0.25) is 0 Å². The number of aliphatic carboxylic acids is 1. The SMILES string of the molecule is CCC(C)N(CC(=O)O)C(=O)c1ccc2cn[nH]c2c1. The van der Waals surface area contributed by atoms with Crippen molar-refractivity contribution in [1.29, 1.82) is 0 Å². The summed E-state index contributed by atoms with van der Waals surface area (Å²) < 4.78 is 0. The Kier molecular flexibility index (Phi) is 4.02. The van der Waals surface area contributed by atoms with Crippen LogP contribution in [0, 0.1) is 0 Å². The predicted octanol–water partition coefficient (Wildman–Crippen LogP) is 1.89. The molecule has 2 N–H and O–H groups in total. The van der Waals surface area contributed by atoms with Crippen molar-refractivity contribution >= 4 is 22.8 Å². The Bertz CT molecular complexity index is 635. The van der Waals surface area contributed by atoms with Crippen LogP contribution in [0.1, 0.15) is 30.6 Å². The third-order valence-electron chi connectivity index (χ3n) is 3.38. The van der Waals surface area contributed by atoms with Gasteiger partial charge in [0.1, 0.15) is 6.54 Å². The van der Waals surface area contributed by atoms with Crippen LogP contribution in [-0.4, -0.2) is 44.7 Å². The lowest BCUT2D eigenvalue weighted by atomic mass is 10.1. The molecule has 0 bridgehead atoms. The molecule has 0 aliphatic heterocycles. The number of nitrogens with zero attached hydrogens (tertiary/aromatic N) is 2. The van der Waals surface area contributed by atoms with Crippen LogP contribution in [0.25, 0.3) is 10.9 Å². The number of H-pyrrole nitrogens is 1. The third kappa shape index (κ3) is 2.79. The number of fused-ring (bicyclic) bond motifs is 1. The quantitative estimate of drug-likeness (QED) is 0.872. The molecule has 1 aromatic carbocycles. The highest BCUT2D eigenvalue weighted by atomic mass is 16.4. The molecule has 0 fully saturated rings. The van der Waals surface area contributed by atoms with Crippen molar-refractivity contribution in [2.75, 3.05) is 6.54 Å². The molecule has 1 amide bonds. The van der Waals surface area contributed by atoms with E-state index in [9.17, 15) is 9.59 Å². The number of carboxylic acids is 1. The van der Waals surface area contributed by atoms with Gasteiger partial charge in [0.25, 0.3) is 5.91 Å². The van der Waals surface area contributed by atoms with E-state index in [1.807, 2.05) is 13.8 Å². The normalized spacial score (nSPS) is 12.3. The first-order chi connectivity index (χ1) is 9.52. The summed E-state index contributed by atoms with van der Waals surface area (Å²) in [7, 11) is 0. The molecule has 6 nitrogen and oxygen atoms in total. The minimum Gasteiger partial charge on any atom is -0.480 e. The van der Waals surface area contributed by atoms with Gasteiger partial charge in [-0.1, -0.05) is 13.0 Å². The van der Waals surface area contributed by atoms with Crippen molar-refractivity contribution in [3.63, 3.8) is 0 Å². The number of aromatic amines is 1. The average Bonchev–Trinajstić information content (AvgIpc) is 2.90. The van der Waals surface area contributed by atoms with E-state index in [2.05, 4.69) is 10.2 Å². The minimum atomic E-state index is -1.01. The Hall–Kier alpha value is -2.37. The number of rotatable bonds is 5. The molecule has 0 aliphatic rings. The molecule has 0 saturated heterocycles. The van der Waals surface area contributed by atoms with E-state index in [0.29, 0.717) is 12.0 Å². The number of hydrogen-bond acceptors (Lipinski definition) is 3. The van der Waals surface area contributed by atoms with Gasteiger partial charge in [-0.25, -0.2) is 0 Å². The van der Waals surface area contributed by atoms with Crippen molar-refractivity contribution in [2.24, 2.45) is 0 Å². The van der Waals surface area contributed by atoms with Crippen molar-refractivity contribution in [3.8, 4) is 0 Å². The van der Waals surface area contributed by atoms with Gasteiger partial charge in [0, 0.05) is 17.0 Å². The molecule has 6 heteroatoms. The molecule has 1 heterocycles. The first-order valence-corrected chi connectivity index (χ1v) is 6.48. The monoisotopic (exact) mass is 275 g/mol. The van der Waals surface area contributed by atoms with Crippen molar-refractivity contribution in [1.82, 2.24) is 15.1 Å². The van der Waals surface area contributed by atoms with Crippen LogP contribution in [0.4, 0.5) is 0 Å². The second-order valence-corrected chi connectivity index (χ2v) is 4.76. The number of carbonyl (C=O) groups is 2. The highest BCUT2D eigenvalue weighted by Gasteiger charge is 2.23. The molecule has 2 aromatic rings. The van der Waals surface area contributed by atoms with Gasteiger partial charge in [-0.2, -0.15) is 5.10 Å². The Morgan fingerprint density at radius 1 is 1.45 bits per heavy atom. The van der Waals surface area contributed by atoms with Crippen molar-refractivity contribution in [2.45, 2.75) is 26.3 Å². The fourth-order valence-electron chi connectivity index (χ4n) is 2.03. The van der Waals surface area contributed by atoms with Gasteiger partial charge >= 0.3 is 5.97 Å². The van der Waals surface area contributed by atoms with Gasteiger partial charge in [-0.3, -0.25) is 14.7 Å². The van der Waals surface area contributed by atoms with Gasteiger partial charge in [-0.15, -0.1) is 0 Å². The summed E-state index contributed by atoms with van der Waals surface area (Å²) in [5.41, 5.74) is 1.22. The molecule has 0 radical (unpaired) electrons. The zero-order valence-electron chi connectivity index (χ0n) is 11.5. The molecule has 20 heavy (non-hydrogen) atoms. The maximum absolute atomic E-state index is 12.5. The van der Waals surface area contributed by atoms with Crippen LogP contribution in [0.2, 0.25) is 0 Å². The van der Waals surface area contributed by atoms with E-state index in [4.69, 9.17) is 5.11 Å². The number of amides is 1. The van der Waals surface area contributed by atoms with Crippen molar-refractivity contribution in [3.05, 3.63) is 30.0 Å². The Balaban J connectivity index is 2.31. The summed E-state index contributed by atoms with van der Waals surface area (Å²) in [6.45, 7) is 3.47. The van der Waals surface area contributed by atoms with Crippen LogP contribution < -0.4 is 0 Å². The Labute approximate surface area is 116 Å². The lowest BCUT2D eigenvalue weighted by Gasteiger charge is -2.27. The summed E-state index contributed by atoms with van der Waals surface area (Å²) >= 11 is 0. The number of aromatic nitrogens is 2. The first-order valence-electron chi connectivity index (χ1n) is 6.48. The summed E-state index contributed by atoms with van der Waals surface area (Å²) in [5.74, 6) is -1.29. The standard InChI is InChI=1S/C14H17N3O3/c1-3-9(2)17(8-13(18)19)14(20)10-4-5-11-7-15-16-12(11)6-10/h4-7,9H,3,8H2,1-2H3,(H,15,16)(H,18,19). The van der Waals surface area contributed by atoms with Crippen LogP contribution in [0.3, 0.4) is 0 Å². The third-order valence-corrected chi connectivity index (χ3v) is 3.38. The zero-order chi connectivity index (χ0) is 14.7. The lowest BCUT2D eigenvalue weighted by Crippen LogP contribution is -2.41. The Morgan fingerprint density at radius 3 is 2.85 bits per heavy atom. The second kappa shape index (κ2) is 5.73. The average molecular weight is 275 g/mol. The molecule has 1 unspecified atom stereocenters. The van der Waals surface area contributed by atoms with Gasteiger partial charge in [0.15, 0.2) is 0 Å². The smallest absolute Gasteiger partial charge is 0.323 e. The number of carbonyl (C=O) groups excluding carboxylic acids is 1. The number of nitrogens with one attached hydrogen (secondary N) is 1. The fourth-order valence-corrected chi connectivity index (χ4v) is 2.03. The van der Waals surface area contributed by atoms with Crippen molar-refractivity contribution < 1.29 is 14.7 Å². The highest BCUT2D eigenvalue weighted by molar-refractivity contribution is 5.99. The zero-order valence-corrected chi connectivity index (χ0v) is 11.5. The summed E-state index contributed by atoms with van der Waals surface area (Å²) in [6.07, 6.45) is 2.37. The molecular formula is C14H17N3O3. The molecule has 0 aliphatic carbocycles. The molecule has 0 saturated carbocycles. The van der Waals surface area contributed by atoms with Crippen LogP contribution in [-0.2, 0) is 4.79 Å². The maximum atomic E-state index is 12.5. The topological polar surface area (TPSA) is 86.3 Å². The molecule has 106 valence electrons. The summed E-state index contributed by atoms with van der Waals surface area (Å²) in [5, 5.41) is 16.6. The van der Waals surface area contributed by atoms with Crippen LogP contribution in [0.15, 0.2) is 24.4 Å². The van der Waals surface area contributed by atoms with E-state index in [1.165, 1.54) is 4.90 Å². The summed E-state index contributed by atoms with van der Waals surface area (Å²) in [4.78, 5) is 24.8. The van der Waals surface area contributed by atoms with Crippen LogP contribution in [0.5, 0.6) is 0 Å². The lowest BCUT2D eigenvalue weighted by molar-refractivity contribution is -0.138. The molecule has 2 rings (SSSR count). The predicted molar refractivity (Wildman–Crippen MR) is 74.5 cm³/mol. The van der Waals surface area contributed by atoms with Gasteiger partial charge in [0.05, 0.1) is 11.7 Å². The number of carboxylic acid groups (broad SMARTS) is 1. The molecule has 0 spiro atoms. The highest BCUT2D eigenvalue weighted by Crippen LogP contribution is 2.16. The first kappa shape index (κ1) is 14.0. The Morgan fingerprint density at radius 2 is 2.20 bits per heavy atom. The van der Waals surface area contributed by atoms with Crippen LogP contribution >= 0.6 is 0 Å².